The Balaban J connectivity index is 1.45. The fraction of sp³-hybridized carbons (Fsp3) is 0.421. The van der Waals surface area contributed by atoms with Gasteiger partial charge in [0.1, 0.15) is 5.65 Å². The number of amides is 1. The van der Waals surface area contributed by atoms with Gasteiger partial charge in [-0.3, -0.25) is 9.69 Å². The van der Waals surface area contributed by atoms with Crippen LogP contribution in [0.15, 0.2) is 30.6 Å². The van der Waals surface area contributed by atoms with Gasteiger partial charge in [0.05, 0.1) is 0 Å². The number of pyridine rings is 1. The van der Waals surface area contributed by atoms with Crippen molar-refractivity contribution in [2.45, 2.75) is 32.2 Å². The van der Waals surface area contributed by atoms with Crippen LogP contribution in [0.5, 0.6) is 0 Å². The van der Waals surface area contributed by atoms with E-state index < -0.39 is 0 Å². The van der Waals surface area contributed by atoms with Gasteiger partial charge in [-0.05, 0) is 37.6 Å². The smallest absolute Gasteiger partial charge is 0.223 e. The fourth-order valence-corrected chi connectivity index (χ4v) is 4.53. The number of hydrogen-bond acceptors (Lipinski definition) is 5. The number of rotatable bonds is 4. The highest BCUT2D eigenvalue weighted by atomic mass is 32.1. The topological polar surface area (TPSA) is 63.1 Å². The molecule has 0 saturated carbocycles. The second-order valence-electron chi connectivity index (χ2n) is 6.96. The van der Waals surface area contributed by atoms with Crippen molar-refractivity contribution in [2.75, 3.05) is 18.4 Å². The summed E-state index contributed by atoms with van der Waals surface area (Å²) in [5.74, 6) is 0.386. The van der Waals surface area contributed by atoms with Crippen LogP contribution in [0.1, 0.15) is 36.3 Å². The minimum Gasteiger partial charge on any atom is -0.336 e. The lowest BCUT2D eigenvalue weighted by atomic mass is 9.94. The predicted molar refractivity (Wildman–Crippen MR) is 104 cm³/mol. The maximum absolute atomic E-state index is 11.1. The number of aryl methyl sites for hydroxylation is 1. The largest absolute Gasteiger partial charge is 0.336 e. The van der Waals surface area contributed by atoms with E-state index in [1.54, 1.807) is 11.3 Å². The van der Waals surface area contributed by atoms with Crippen LogP contribution in [0.2, 0.25) is 0 Å². The zero-order valence-corrected chi connectivity index (χ0v) is 15.9. The first kappa shape index (κ1) is 17.2. The second-order valence-corrected chi connectivity index (χ2v) is 8.08. The lowest BCUT2D eigenvalue weighted by molar-refractivity contribution is -0.114. The molecule has 1 unspecified atom stereocenters. The summed E-state index contributed by atoms with van der Waals surface area (Å²) in [5, 5.41) is 4.63. The maximum atomic E-state index is 11.1. The minimum atomic E-state index is -0.0777. The molecule has 1 atom stereocenters. The van der Waals surface area contributed by atoms with E-state index in [-0.39, 0.29) is 5.91 Å². The average Bonchev–Trinajstić information content (AvgIpc) is 3.21. The van der Waals surface area contributed by atoms with Crippen LogP contribution in [-0.4, -0.2) is 38.4 Å². The summed E-state index contributed by atoms with van der Waals surface area (Å²) in [4.78, 5) is 24.0. The predicted octanol–water partition coefficient (Wildman–Crippen LogP) is 3.37. The Morgan fingerprint density at radius 3 is 3.12 bits per heavy atom. The Labute approximate surface area is 156 Å². The molecule has 0 bridgehead atoms. The third kappa shape index (κ3) is 3.64. The first-order valence-corrected chi connectivity index (χ1v) is 9.77. The summed E-state index contributed by atoms with van der Waals surface area (Å²) in [6, 6.07) is 6.47. The quantitative estimate of drug-likeness (QED) is 0.766. The molecule has 1 aliphatic rings. The average molecular weight is 369 g/mol. The lowest BCUT2D eigenvalue weighted by Crippen LogP contribution is -2.34. The molecule has 3 aromatic rings. The summed E-state index contributed by atoms with van der Waals surface area (Å²) in [6.07, 6.45) is 6.28. The minimum absolute atomic E-state index is 0.0777. The van der Waals surface area contributed by atoms with Gasteiger partial charge in [0.2, 0.25) is 5.91 Å². The lowest BCUT2D eigenvalue weighted by Gasteiger charge is -2.32. The SMILES string of the molecule is CC(=O)Nc1ncc(CN2CCCC(c3ccc4ccn(C)c4n3)C2)s1. The van der Waals surface area contributed by atoms with Crippen LogP contribution in [0.3, 0.4) is 0 Å². The first-order valence-electron chi connectivity index (χ1n) is 8.95. The van der Waals surface area contributed by atoms with Crippen molar-refractivity contribution in [3.63, 3.8) is 0 Å². The van der Waals surface area contributed by atoms with Gasteiger partial charge in [0, 0.05) is 61.3 Å². The highest BCUT2D eigenvalue weighted by molar-refractivity contribution is 7.15. The van der Waals surface area contributed by atoms with Crippen molar-refractivity contribution in [2.24, 2.45) is 7.05 Å². The van der Waals surface area contributed by atoms with Crippen molar-refractivity contribution >= 4 is 33.4 Å². The zero-order valence-electron chi connectivity index (χ0n) is 15.1. The third-order valence-electron chi connectivity index (χ3n) is 4.88. The number of anilines is 1. The molecule has 1 fully saturated rings. The van der Waals surface area contributed by atoms with Gasteiger partial charge in [-0.2, -0.15) is 0 Å². The van der Waals surface area contributed by atoms with Gasteiger partial charge in [0.15, 0.2) is 5.13 Å². The molecule has 3 aromatic heterocycles. The molecule has 7 heteroatoms. The molecule has 6 nitrogen and oxygen atoms in total. The number of carbonyl (C=O) groups excluding carboxylic acids is 1. The molecule has 0 aliphatic carbocycles. The molecular formula is C19H23N5OS. The van der Waals surface area contributed by atoms with Gasteiger partial charge in [-0.25, -0.2) is 9.97 Å². The summed E-state index contributed by atoms with van der Waals surface area (Å²) < 4.78 is 2.08. The molecule has 26 heavy (non-hydrogen) atoms. The molecule has 1 N–H and O–H groups in total. The summed E-state index contributed by atoms with van der Waals surface area (Å²) in [5.41, 5.74) is 2.24. The number of likely N-dealkylation sites (tertiary alicyclic amines) is 1. The van der Waals surface area contributed by atoms with Crippen molar-refractivity contribution in [3.05, 3.63) is 41.2 Å². The standard InChI is InChI=1S/C19H23N5OS/c1-13(25)21-19-20-10-16(26-19)12-24-8-3-4-15(11-24)17-6-5-14-7-9-23(2)18(14)22-17/h5-7,9-10,15H,3-4,8,11-12H2,1-2H3,(H,20,21,25). The molecule has 1 amide bonds. The Hall–Kier alpha value is -2.25. The maximum Gasteiger partial charge on any atom is 0.223 e. The molecule has 4 rings (SSSR count). The normalized spacial score (nSPS) is 18.3. The van der Waals surface area contributed by atoms with Gasteiger partial charge in [-0.1, -0.05) is 0 Å². The van der Waals surface area contributed by atoms with Crippen molar-refractivity contribution < 1.29 is 4.79 Å². The van der Waals surface area contributed by atoms with Gasteiger partial charge in [-0.15, -0.1) is 11.3 Å². The van der Waals surface area contributed by atoms with Gasteiger partial charge >= 0.3 is 0 Å². The van der Waals surface area contributed by atoms with Crippen LogP contribution in [-0.2, 0) is 18.4 Å². The number of hydrogen-bond donors (Lipinski definition) is 1. The third-order valence-corrected chi connectivity index (χ3v) is 5.78. The zero-order chi connectivity index (χ0) is 18.1. The van der Waals surface area contributed by atoms with Crippen LogP contribution in [0.4, 0.5) is 5.13 Å². The molecular weight excluding hydrogens is 346 g/mol. The Bertz CT molecular complexity index is 931. The molecule has 136 valence electrons. The van der Waals surface area contributed by atoms with Crippen LogP contribution < -0.4 is 5.32 Å². The van der Waals surface area contributed by atoms with Crippen molar-refractivity contribution in [1.82, 2.24) is 19.4 Å². The second kappa shape index (κ2) is 7.17. The summed E-state index contributed by atoms with van der Waals surface area (Å²) in [6.45, 7) is 4.49. The van der Waals surface area contributed by atoms with Gasteiger partial charge in [0.25, 0.3) is 0 Å². The monoisotopic (exact) mass is 369 g/mol. The number of carbonyl (C=O) groups is 1. The number of piperidine rings is 1. The van der Waals surface area contributed by atoms with Crippen LogP contribution >= 0.6 is 11.3 Å². The first-order chi connectivity index (χ1) is 12.6. The van der Waals surface area contributed by atoms with E-state index in [2.05, 4.69) is 44.2 Å². The number of nitrogens with zero attached hydrogens (tertiary/aromatic N) is 4. The van der Waals surface area contributed by atoms with E-state index >= 15 is 0 Å². The molecule has 0 aromatic carbocycles. The Morgan fingerprint density at radius 1 is 1.38 bits per heavy atom. The van der Waals surface area contributed by atoms with Crippen molar-refractivity contribution in [3.8, 4) is 0 Å². The van der Waals surface area contributed by atoms with Crippen LogP contribution in [0, 0.1) is 0 Å². The van der Waals surface area contributed by atoms with E-state index in [1.807, 2.05) is 13.2 Å². The molecule has 1 saturated heterocycles. The number of aromatic nitrogens is 3. The fourth-order valence-electron chi connectivity index (χ4n) is 3.63. The molecule has 4 heterocycles. The van der Waals surface area contributed by atoms with Crippen LogP contribution in [0.25, 0.3) is 11.0 Å². The summed E-state index contributed by atoms with van der Waals surface area (Å²) >= 11 is 1.55. The Morgan fingerprint density at radius 2 is 2.27 bits per heavy atom. The van der Waals surface area contributed by atoms with E-state index in [4.69, 9.17) is 4.98 Å². The highest BCUT2D eigenvalue weighted by Gasteiger charge is 2.23. The number of thiazole rings is 1. The number of nitrogens with one attached hydrogen (secondary N) is 1. The van der Waals surface area contributed by atoms with E-state index in [1.165, 1.54) is 35.7 Å². The highest BCUT2D eigenvalue weighted by Crippen LogP contribution is 2.29. The summed E-state index contributed by atoms with van der Waals surface area (Å²) in [7, 11) is 2.04. The Kier molecular flexibility index (Phi) is 4.74. The molecule has 0 radical (unpaired) electrons. The number of fused-ring (bicyclic) bond motifs is 1. The van der Waals surface area contributed by atoms with Crippen molar-refractivity contribution in [1.29, 1.82) is 0 Å². The van der Waals surface area contributed by atoms with Gasteiger partial charge < -0.3 is 9.88 Å². The van der Waals surface area contributed by atoms with E-state index in [9.17, 15) is 4.79 Å². The van der Waals surface area contributed by atoms with E-state index in [0.717, 1.165) is 25.3 Å². The van der Waals surface area contributed by atoms with E-state index in [0.29, 0.717) is 11.0 Å². The molecule has 1 aliphatic heterocycles. The molecule has 0 spiro atoms.